The van der Waals surface area contributed by atoms with E-state index in [1.807, 2.05) is 24.3 Å². The van der Waals surface area contributed by atoms with Crippen LogP contribution in [0, 0.1) is 11.8 Å². The average Bonchev–Trinajstić information content (AvgIpc) is 3.62. The molecule has 194 valence electrons. The highest BCUT2D eigenvalue weighted by Crippen LogP contribution is 2.50. The van der Waals surface area contributed by atoms with Crippen molar-refractivity contribution in [3.05, 3.63) is 53.2 Å². The Hall–Kier alpha value is -2.67. The smallest absolute Gasteiger partial charge is 0.307 e. The Labute approximate surface area is 213 Å². The molecule has 3 heterocycles. The average molecular weight is 495 g/mol. The zero-order chi connectivity index (χ0) is 24.9. The number of oxazole rings is 1. The number of carbonyl (C=O) groups excluding carboxylic acids is 1. The van der Waals surface area contributed by atoms with Crippen LogP contribution in [0.15, 0.2) is 34.9 Å². The Morgan fingerprint density at radius 3 is 2.58 bits per heavy atom. The van der Waals surface area contributed by atoms with Crippen molar-refractivity contribution in [2.45, 2.75) is 95.2 Å². The molecular formula is C29H38N2O5. The zero-order valence-electron chi connectivity index (χ0n) is 21.0. The number of hydrogen-bond acceptors (Lipinski definition) is 5. The molecule has 4 atom stereocenters. The van der Waals surface area contributed by atoms with E-state index in [-0.39, 0.29) is 36.4 Å². The van der Waals surface area contributed by atoms with E-state index in [2.05, 4.69) is 10.3 Å². The Balaban J connectivity index is 1.17. The molecule has 7 heteroatoms. The summed E-state index contributed by atoms with van der Waals surface area (Å²) in [5.74, 6) is 0.535. The summed E-state index contributed by atoms with van der Waals surface area (Å²) < 4.78 is 12.1. The van der Waals surface area contributed by atoms with Crippen LogP contribution in [0.4, 0.5) is 0 Å². The number of fused-ring (bicyclic) bond motifs is 2. The van der Waals surface area contributed by atoms with Gasteiger partial charge < -0.3 is 19.6 Å². The molecule has 0 unspecified atom stereocenters. The van der Waals surface area contributed by atoms with Crippen molar-refractivity contribution in [3.8, 4) is 0 Å². The lowest BCUT2D eigenvalue weighted by atomic mass is 9.75. The van der Waals surface area contributed by atoms with Gasteiger partial charge in [0, 0.05) is 12.5 Å². The van der Waals surface area contributed by atoms with Crippen LogP contribution in [0.1, 0.15) is 97.6 Å². The van der Waals surface area contributed by atoms with Crippen LogP contribution in [0.25, 0.3) is 0 Å². The van der Waals surface area contributed by atoms with Crippen LogP contribution in [-0.4, -0.2) is 40.7 Å². The number of nitrogens with zero attached hydrogens (tertiary/aromatic N) is 1. The molecule has 7 nitrogen and oxygen atoms in total. The molecule has 36 heavy (non-hydrogen) atoms. The lowest BCUT2D eigenvalue weighted by molar-refractivity contribution is -0.136. The number of aliphatic carboxylic acids is 1. The maximum atomic E-state index is 12.7. The minimum absolute atomic E-state index is 0.00644. The van der Waals surface area contributed by atoms with Gasteiger partial charge in [0.15, 0.2) is 5.69 Å². The molecule has 1 saturated carbocycles. The number of ether oxygens (including phenoxy) is 1. The third-order valence-electron chi connectivity index (χ3n) is 8.43. The molecule has 2 aliphatic heterocycles. The standard InChI is InChI=1S/C29H38N2O5/c32-26(33)17-21-12-5-4-11-20(21)16-22-24-13-14-25(36-24)27(22)29-31-23(18-35-29)28(34)30-15-7-6-10-19-8-2-1-3-9-19/h4-5,11-12,18-19,22,24-25,27H,1-3,6-10,13-17H2,(H,30,34)(H,32,33)/t22-,24+,25-,27+/m1/s1. The molecule has 1 aromatic heterocycles. The van der Waals surface area contributed by atoms with Gasteiger partial charge in [-0.2, -0.15) is 0 Å². The van der Waals surface area contributed by atoms with Gasteiger partial charge in [0.25, 0.3) is 5.91 Å². The van der Waals surface area contributed by atoms with Crippen molar-refractivity contribution < 1.29 is 23.8 Å². The largest absolute Gasteiger partial charge is 0.481 e. The fraction of sp³-hybridized carbons (Fsp3) is 0.621. The van der Waals surface area contributed by atoms with E-state index < -0.39 is 5.97 Å². The molecule has 5 rings (SSSR count). The summed E-state index contributed by atoms with van der Waals surface area (Å²) >= 11 is 0. The fourth-order valence-electron chi connectivity index (χ4n) is 6.59. The van der Waals surface area contributed by atoms with Gasteiger partial charge in [-0.1, -0.05) is 69.2 Å². The number of amides is 1. The lowest BCUT2D eigenvalue weighted by Gasteiger charge is -2.26. The summed E-state index contributed by atoms with van der Waals surface area (Å²) in [6.45, 7) is 0.661. The third kappa shape index (κ3) is 5.83. The van der Waals surface area contributed by atoms with Crippen LogP contribution < -0.4 is 5.32 Å². The Bertz CT molecular complexity index is 1040. The molecule has 2 N–H and O–H groups in total. The summed E-state index contributed by atoms with van der Waals surface area (Å²) in [5.41, 5.74) is 2.19. The second-order valence-corrected chi connectivity index (χ2v) is 10.9. The number of carboxylic acid groups (broad SMARTS) is 1. The number of rotatable bonds is 11. The predicted octanol–water partition coefficient (Wildman–Crippen LogP) is 5.29. The molecule has 2 aromatic rings. The van der Waals surface area contributed by atoms with Crippen LogP contribution in [0.2, 0.25) is 0 Å². The first-order valence-corrected chi connectivity index (χ1v) is 13.8. The summed E-state index contributed by atoms with van der Waals surface area (Å²) in [6.07, 6.45) is 14.5. The first kappa shape index (κ1) is 25.0. The van der Waals surface area contributed by atoms with E-state index >= 15 is 0 Å². The molecular weight excluding hydrogens is 456 g/mol. The lowest BCUT2D eigenvalue weighted by Crippen LogP contribution is -2.28. The predicted molar refractivity (Wildman–Crippen MR) is 135 cm³/mol. The van der Waals surface area contributed by atoms with Gasteiger partial charge in [-0.3, -0.25) is 9.59 Å². The van der Waals surface area contributed by atoms with Crippen LogP contribution >= 0.6 is 0 Å². The van der Waals surface area contributed by atoms with Gasteiger partial charge in [0.2, 0.25) is 5.89 Å². The highest BCUT2D eigenvalue weighted by atomic mass is 16.5. The molecule has 2 bridgehead atoms. The minimum Gasteiger partial charge on any atom is -0.481 e. The SMILES string of the molecule is O=C(O)Cc1ccccc1C[C@H]1[C@H](c2nc(C(=O)NCCCCC3CCCCC3)co2)[C@H]2CC[C@@H]1O2. The number of carbonyl (C=O) groups is 2. The van der Waals surface area contributed by atoms with Gasteiger partial charge in [-0.15, -0.1) is 0 Å². The first-order valence-electron chi connectivity index (χ1n) is 13.8. The third-order valence-corrected chi connectivity index (χ3v) is 8.43. The van der Waals surface area contributed by atoms with E-state index in [9.17, 15) is 14.7 Å². The fourth-order valence-corrected chi connectivity index (χ4v) is 6.59. The van der Waals surface area contributed by atoms with Gasteiger partial charge in [0.05, 0.1) is 24.5 Å². The van der Waals surface area contributed by atoms with Crippen molar-refractivity contribution >= 4 is 11.9 Å². The molecule has 3 fully saturated rings. The molecule has 0 radical (unpaired) electrons. The molecule has 1 amide bonds. The van der Waals surface area contributed by atoms with Gasteiger partial charge in [-0.05, 0) is 42.7 Å². The molecule has 2 saturated heterocycles. The number of unbranched alkanes of at least 4 members (excludes halogenated alkanes) is 1. The second-order valence-electron chi connectivity index (χ2n) is 10.9. The maximum Gasteiger partial charge on any atom is 0.307 e. The minimum atomic E-state index is -0.833. The zero-order valence-corrected chi connectivity index (χ0v) is 21.0. The monoisotopic (exact) mass is 494 g/mol. The number of carboxylic acids is 1. The number of hydrogen-bond donors (Lipinski definition) is 2. The maximum absolute atomic E-state index is 12.7. The van der Waals surface area contributed by atoms with Crippen molar-refractivity contribution in [2.75, 3.05) is 6.54 Å². The summed E-state index contributed by atoms with van der Waals surface area (Å²) in [6, 6.07) is 7.72. The van der Waals surface area contributed by atoms with Crippen LogP contribution in [-0.2, 0) is 22.4 Å². The van der Waals surface area contributed by atoms with Crippen LogP contribution in [0.5, 0.6) is 0 Å². The van der Waals surface area contributed by atoms with E-state index in [1.54, 1.807) is 0 Å². The topological polar surface area (TPSA) is 102 Å². The first-order chi connectivity index (χ1) is 17.6. The Morgan fingerprint density at radius 2 is 1.78 bits per heavy atom. The van der Waals surface area contributed by atoms with Gasteiger partial charge in [-0.25, -0.2) is 4.98 Å². The van der Waals surface area contributed by atoms with Gasteiger partial charge in [0.1, 0.15) is 6.26 Å². The van der Waals surface area contributed by atoms with Crippen molar-refractivity contribution in [1.82, 2.24) is 10.3 Å². The molecule has 1 aliphatic carbocycles. The van der Waals surface area contributed by atoms with Gasteiger partial charge >= 0.3 is 5.97 Å². The summed E-state index contributed by atoms with van der Waals surface area (Å²) in [5, 5.41) is 12.3. The summed E-state index contributed by atoms with van der Waals surface area (Å²) in [4.78, 5) is 28.6. The van der Waals surface area contributed by atoms with Crippen molar-refractivity contribution in [2.24, 2.45) is 11.8 Å². The molecule has 0 spiro atoms. The number of nitrogens with one attached hydrogen (secondary N) is 1. The van der Waals surface area contributed by atoms with E-state index in [1.165, 1.54) is 44.8 Å². The van der Waals surface area contributed by atoms with E-state index in [0.29, 0.717) is 24.6 Å². The van der Waals surface area contributed by atoms with Crippen LogP contribution in [0.3, 0.4) is 0 Å². The quantitative estimate of drug-likeness (QED) is 0.412. The highest BCUT2D eigenvalue weighted by molar-refractivity contribution is 5.91. The van der Waals surface area contributed by atoms with E-state index in [4.69, 9.17) is 9.15 Å². The molecule has 3 aliphatic rings. The Kier molecular flexibility index (Phi) is 8.05. The molecule has 1 aromatic carbocycles. The number of aromatic nitrogens is 1. The number of benzene rings is 1. The second kappa shape index (κ2) is 11.6. The summed E-state index contributed by atoms with van der Waals surface area (Å²) in [7, 11) is 0. The van der Waals surface area contributed by atoms with E-state index in [0.717, 1.165) is 42.7 Å². The van der Waals surface area contributed by atoms with Crippen molar-refractivity contribution in [3.63, 3.8) is 0 Å². The Morgan fingerprint density at radius 1 is 1.00 bits per heavy atom. The normalized spacial score (nSPS) is 25.8. The van der Waals surface area contributed by atoms with Crippen molar-refractivity contribution in [1.29, 1.82) is 0 Å². The highest BCUT2D eigenvalue weighted by Gasteiger charge is 2.51.